The molecule has 174 valence electrons. The van der Waals surface area contributed by atoms with Crippen LogP contribution in [0.2, 0.25) is 5.02 Å². The summed E-state index contributed by atoms with van der Waals surface area (Å²) in [5.41, 5.74) is 0.708. The highest BCUT2D eigenvalue weighted by molar-refractivity contribution is 6.30. The zero-order chi connectivity index (χ0) is 23.7. The molecule has 0 bridgehead atoms. The van der Waals surface area contributed by atoms with Crippen LogP contribution in [0.15, 0.2) is 47.3 Å². The van der Waals surface area contributed by atoms with Gasteiger partial charge in [0.25, 0.3) is 5.56 Å². The van der Waals surface area contributed by atoms with Crippen LogP contribution in [-0.2, 0) is 4.79 Å². The summed E-state index contributed by atoms with van der Waals surface area (Å²) in [6, 6.07) is 10.9. The fraction of sp³-hybridized carbons (Fsp3) is 0.400. The van der Waals surface area contributed by atoms with E-state index in [2.05, 4.69) is 0 Å². The summed E-state index contributed by atoms with van der Waals surface area (Å²) >= 11 is 6.07. The molecule has 1 aliphatic rings. The Labute approximate surface area is 197 Å². The maximum atomic E-state index is 13.9. The lowest BCUT2D eigenvalue weighted by atomic mass is 10.1. The van der Waals surface area contributed by atoms with Gasteiger partial charge in [-0.2, -0.15) is 0 Å². The average molecular weight is 471 g/mol. The van der Waals surface area contributed by atoms with Gasteiger partial charge in [0.1, 0.15) is 11.6 Å². The van der Waals surface area contributed by atoms with E-state index in [0.29, 0.717) is 41.9 Å². The number of halogens is 2. The van der Waals surface area contributed by atoms with Crippen molar-refractivity contribution < 1.29 is 9.18 Å². The van der Waals surface area contributed by atoms with E-state index in [9.17, 15) is 14.0 Å². The first-order chi connectivity index (χ1) is 15.8. The zero-order valence-corrected chi connectivity index (χ0v) is 19.8. The van der Waals surface area contributed by atoms with Gasteiger partial charge in [-0.15, -0.1) is 0 Å². The van der Waals surface area contributed by atoms with Crippen molar-refractivity contribution in [3.05, 3.63) is 69.5 Å². The summed E-state index contributed by atoms with van der Waals surface area (Å²) in [6.07, 6.45) is 2.35. The van der Waals surface area contributed by atoms with Crippen LogP contribution in [0.5, 0.6) is 0 Å². The highest BCUT2D eigenvalue weighted by Crippen LogP contribution is 2.35. The van der Waals surface area contributed by atoms with Gasteiger partial charge >= 0.3 is 0 Å². The van der Waals surface area contributed by atoms with Crippen LogP contribution in [0.4, 0.5) is 4.39 Å². The number of aromatic nitrogens is 2. The van der Waals surface area contributed by atoms with Crippen LogP contribution in [0.1, 0.15) is 38.1 Å². The van der Waals surface area contributed by atoms with E-state index in [1.807, 2.05) is 36.9 Å². The second-order valence-corrected chi connectivity index (χ2v) is 9.17. The SMILES string of the molecule is CCC(c1nc2ccccc2c(=O)n1-c1ccc(F)c(Cl)c1)N(CCN(C)C)C(=O)C1CC1. The van der Waals surface area contributed by atoms with Gasteiger partial charge in [0.2, 0.25) is 5.91 Å². The lowest BCUT2D eigenvalue weighted by Gasteiger charge is -2.33. The molecule has 1 fully saturated rings. The predicted octanol–water partition coefficient (Wildman–Crippen LogP) is 4.43. The van der Waals surface area contributed by atoms with Crippen LogP contribution < -0.4 is 5.56 Å². The van der Waals surface area contributed by atoms with E-state index >= 15 is 0 Å². The molecule has 1 unspecified atom stereocenters. The van der Waals surface area contributed by atoms with Crippen LogP contribution in [0.3, 0.4) is 0 Å². The molecule has 0 spiro atoms. The van der Waals surface area contributed by atoms with Crippen molar-refractivity contribution in [3.63, 3.8) is 0 Å². The summed E-state index contributed by atoms with van der Waals surface area (Å²) in [4.78, 5) is 35.7. The van der Waals surface area contributed by atoms with Gasteiger partial charge in [0, 0.05) is 19.0 Å². The van der Waals surface area contributed by atoms with Crippen LogP contribution in [0.25, 0.3) is 16.6 Å². The van der Waals surface area contributed by atoms with Gasteiger partial charge in [0.05, 0.1) is 27.7 Å². The summed E-state index contributed by atoms with van der Waals surface area (Å²) in [6.45, 7) is 3.19. The Morgan fingerprint density at radius 2 is 1.94 bits per heavy atom. The summed E-state index contributed by atoms with van der Waals surface area (Å²) < 4.78 is 15.4. The molecule has 0 aliphatic heterocycles. The van der Waals surface area contributed by atoms with Crippen molar-refractivity contribution in [2.24, 2.45) is 5.92 Å². The molecule has 6 nitrogen and oxygen atoms in total. The summed E-state index contributed by atoms with van der Waals surface area (Å²) in [7, 11) is 3.93. The highest BCUT2D eigenvalue weighted by Gasteiger charge is 2.37. The fourth-order valence-corrected chi connectivity index (χ4v) is 4.26. The number of hydrogen-bond donors (Lipinski definition) is 0. The monoisotopic (exact) mass is 470 g/mol. The molecule has 3 aromatic rings. The number of likely N-dealkylation sites (N-methyl/N-ethyl adjacent to an activating group) is 1. The first-order valence-corrected chi connectivity index (χ1v) is 11.6. The standard InChI is InChI=1S/C25H28ClFN4O2/c1-4-22(30(14-13-29(2)3)24(32)16-9-10-16)23-28-21-8-6-5-7-18(21)25(33)31(23)17-11-12-20(27)19(26)15-17/h5-8,11-12,15-16,22H,4,9-10,13-14H2,1-3H3. The molecule has 1 atom stereocenters. The number of para-hydroxylation sites is 1. The second kappa shape index (κ2) is 9.61. The van der Waals surface area contributed by atoms with Crippen LogP contribution in [-0.4, -0.2) is 52.4 Å². The second-order valence-electron chi connectivity index (χ2n) is 8.76. The minimum atomic E-state index is -0.563. The average Bonchev–Trinajstić information content (AvgIpc) is 3.64. The molecule has 0 N–H and O–H groups in total. The molecule has 8 heteroatoms. The van der Waals surface area contributed by atoms with Crippen molar-refractivity contribution in [2.45, 2.75) is 32.2 Å². The Kier molecular flexibility index (Phi) is 6.81. The minimum absolute atomic E-state index is 0.0297. The van der Waals surface area contributed by atoms with Gasteiger partial charge in [0.15, 0.2) is 0 Å². The molecule has 1 heterocycles. The van der Waals surface area contributed by atoms with Crippen LogP contribution >= 0.6 is 11.6 Å². The Morgan fingerprint density at radius 1 is 1.21 bits per heavy atom. The fourth-order valence-electron chi connectivity index (χ4n) is 4.08. The van der Waals surface area contributed by atoms with Crippen molar-refractivity contribution in [3.8, 4) is 5.69 Å². The van der Waals surface area contributed by atoms with Gasteiger partial charge in [-0.25, -0.2) is 9.37 Å². The van der Waals surface area contributed by atoms with Crippen molar-refractivity contribution >= 4 is 28.4 Å². The third-order valence-corrected chi connectivity index (χ3v) is 6.31. The Balaban J connectivity index is 1.93. The van der Waals surface area contributed by atoms with Crippen molar-refractivity contribution in [2.75, 3.05) is 27.2 Å². The molecule has 1 amide bonds. The molecule has 1 aliphatic carbocycles. The summed E-state index contributed by atoms with van der Waals surface area (Å²) in [5.74, 6) is 0.0147. The largest absolute Gasteiger partial charge is 0.331 e. The molecule has 1 saturated carbocycles. The maximum absolute atomic E-state index is 13.9. The number of hydrogen-bond acceptors (Lipinski definition) is 4. The predicted molar refractivity (Wildman–Crippen MR) is 128 cm³/mol. The Bertz CT molecular complexity index is 1240. The molecule has 0 saturated heterocycles. The minimum Gasteiger partial charge on any atom is -0.331 e. The quantitative estimate of drug-likeness (QED) is 0.488. The van der Waals surface area contributed by atoms with Gasteiger partial charge in [-0.1, -0.05) is 30.7 Å². The lowest BCUT2D eigenvalue weighted by Crippen LogP contribution is -2.42. The smallest absolute Gasteiger partial charge is 0.266 e. The Hall–Kier alpha value is -2.77. The third kappa shape index (κ3) is 4.80. The lowest BCUT2D eigenvalue weighted by molar-refractivity contribution is -0.135. The van der Waals surface area contributed by atoms with E-state index in [1.54, 1.807) is 18.2 Å². The number of amides is 1. The van der Waals surface area contributed by atoms with E-state index in [4.69, 9.17) is 16.6 Å². The molecule has 4 rings (SSSR count). The molecular formula is C25H28ClFN4O2. The Morgan fingerprint density at radius 3 is 2.58 bits per heavy atom. The topological polar surface area (TPSA) is 58.4 Å². The summed E-state index contributed by atoms with van der Waals surface area (Å²) in [5, 5.41) is 0.370. The van der Waals surface area contributed by atoms with Gasteiger partial charge < -0.3 is 9.80 Å². The normalized spacial score (nSPS) is 14.6. The number of fused-ring (bicyclic) bond motifs is 1. The zero-order valence-electron chi connectivity index (χ0n) is 19.1. The number of benzene rings is 2. The number of carbonyl (C=O) groups is 1. The van der Waals surface area contributed by atoms with Crippen LogP contribution in [0, 0.1) is 11.7 Å². The number of nitrogens with zero attached hydrogens (tertiary/aromatic N) is 4. The number of carbonyl (C=O) groups excluding carboxylic acids is 1. The van der Waals surface area contributed by atoms with E-state index in [1.165, 1.54) is 22.8 Å². The van der Waals surface area contributed by atoms with Crippen molar-refractivity contribution in [1.29, 1.82) is 0 Å². The van der Waals surface area contributed by atoms with Crippen molar-refractivity contribution in [1.82, 2.24) is 19.4 Å². The molecule has 33 heavy (non-hydrogen) atoms. The highest BCUT2D eigenvalue weighted by atomic mass is 35.5. The molecular weight excluding hydrogens is 443 g/mol. The third-order valence-electron chi connectivity index (χ3n) is 6.02. The van der Waals surface area contributed by atoms with Gasteiger partial charge in [-0.05, 0) is 63.7 Å². The van der Waals surface area contributed by atoms with Gasteiger partial charge in [-0.3, -0.25) is 14.2 Å². The van der Waals surface area contributed by atoms with E-state index in [0.717, 1.165) is 12.8 Å². The first-order valence-electron chi connectivity index (χ1n) is 11.2. The number of rotatable bonds is 8. The molecule has 1 aromatic heterocycles. The molecule has 2 aromatic carbocycles. The van der Waals surface area contributed by atoms with E-state index < -0.39 is 11.9 Å². The van der Waals surface area contributed by atoms with E-state index in [-0.39, 0.29) is 22.4 Å². The maximum Gasteiger partial charge on any atom is 0.266 e. The molecule has 0 radical (unpaired) electrons. The first kappa shape index (κ1) is 23.4.